The molecule has 0 aliphatic heterocycles. The average Bonchev–Trinajstić information content (AvgIpc) is 3.23. The molecule has 0 spiro atoms. The first kappa shape index (κ1) is 56.6. The molecule has 0 bridgehead atoms. The average molecular weight is 816 g/mol. The van der Waals surface area contributed by atoms with Crippen LogP contribution in [0.1, 0.15) is 271 Å². The van der Waals surface area contributed by atoms with Gasteiger partial charge in [0.05, 0.1) is 18.8 Å². The Labute approximate surface area is 362 Å². The first-order valence-electron chi connectivity index (χ1n) is 25.8. The van der Waals surface area contributed by atoms with E-state index >= 15 is 0 Å². The molecule has 0 saturated carbocycles. The van der Waals surface area contributed by atoms with Gasteiger partial charge in [-0.05, 0) is 51.4 Å². The summed E-state index contributed by atoms with van der Waals surface area (Å²) in [7, 11) is 0. The Morgan fingerprint density at radius 3 is 1.09 bits per heavy atom. The van der Waals surface area contributed by atoms with Crippen molar-refractivity contribution in [2.45, 2.75) is 289 Å². The number of aliphatic hydroxyl groups is 3. The van der Waals surface area contributed by atoms with Gasteiger partial charge in [0.2, 0.25) is 5.91 Å². The molecule has 58 heavy (non-hydrogen) atoms. The molecule has 0 heterocycles. The molecule has 3 unspecified atom stereocenters. The summed E-state index contributed by atoms with van der Waals surface area (Å²) in [6.07, 6.45) is 62.3. The molecule has 0 rings (SSSR count). The van der Waals surface area contributed by atoms with Crippen LogP contribution in [0.15, 0.2) is 36.5 Å². The topological polar surface area (TPSA) is 89.8 Å². The number of hydrogen-bond acceptors (Lipinski definition) is 4. The lowest BCUT2D eigenvalue weighted by atomic mass is 10.0. The highest BCUT2D eigenvalue weighted by molar-refractivity contribution is 5.80. The molecule has 0 fully saturated rings. The second kappa shape index (κ2) is 48.2. The van der Waals surface area contributed by atoms with E-state index in [-0.39, 0.29) is 6.61 Å². The summed E-state index contributed by atoms with van der Waals surface area (Å²) >= 11 is 0. The Balaban J connectivity index is 3.49. The predicted octanol–water partition coefficient (Wildman–Crippen LogP) is 15.5. The van der Waals surface area contributed by atoms with E-state index in [1.165, 1.54) is 212 Å². The number of carbonyl (C=O) groups is 1. The van der Waals surface area contributed by atoms with Gasteiger partial charge in [0.25, 0.3) is 0 Å². The van der Waals surface area contributed by atoms with Crippen LogP contribution in [0.5, 0.6) is 0 Å². The van der Waals surface area contributed by atoms with Crippen molar-refractivity contribution < 1.29 is 20.1 Å². The minimum atomic E-state index is -1.10. The van der Waals surface area contributed by atoms with Crippen molar-refractivity contribution in [3.05, 3.63) is 36.5 Å². The van der Waals surface area contributed by atoms with Crippen LogP contribution >= 0.6 is 0 Å². The lowest BCUT2D eigenvalue weighted by Gasteiger charge is -2.21. The zero-order valence-electron chi connectivity index (χ0n) is 38.9. The van der Waals surface area contributed by atoms with Gasteiger partial charge in [0.15, 0.2) is 0 Å². The summed E-state index contributed by atoms with van der Waals surface area (Å²) in [5, 5.41) is 33.1. The van der Waals surface area contributed by atoms with Gasteiger partial charge >= 0.3 is 0 Å². The van der Waals surface area contributed by atoms with Crippen molar-refractivity contribution >= 4 is 5.91 Å². The number of allylic oxidation sites excluding steroid dienone is 5. The maximum atomic E-state index is 12.5. The SMILES string of the molecule is CCCCCCCCCC/C=C/C(O)C(CO)NC(=O)C(O)CCCCCCCCCCCCCCCCCC/C=C\C/C=C\CCCCCCCCCCCCC. The molecule has 3 atom stereocenters. The van der Waals surface area contributed by atoms with E-state index in [0.717, 1.165) is 38.5 Å². The third kappa shape index (κ3) is 42.7. The van der Waals surface area contributed by atoms with E-state index in [0.29, 0.717) is 6.42 Å². The molecule has 5 nitrogen and oxygen atoms in total. The Bertz CT molecular complexity index is 901. The summed E-state index contributed by atoms with van der Waals surface area (Å²) in [4.78, 5) is 12.5. The fourth-order valence-electron chi connectivity index (χ4n) is 7.92. The number of carbonyl (C=O) groups excluding carboxylic acids is 1. The minimum Gasteiger partial charge on any atom is -0.394 e. The number of hydrogen-bond donors (Lipinski definition) is 4. The maximum absolute atomic E-state index is 12.5. The Morgan fingerprint density at radius 1 is 0.431 bits per heavy atom. The summed E-state index contributed by atoms with van der Waals surface area (Å²) in [6, 6.07) is -0.795. The van der Waals surface area contributed by atoms with Crippen molar-refractivity contribution in [3.8, 4) is 0 Å². The van der Waals surface area contributed by atoms with E-state index in [2.05, 4.69) is 43.5 Å². The zero-order chi connectivity index (χ0) is 42.3. The van der Waals surface area contributed by atoms with E-state index < -0.39 is 24.2 Å². The largest absolute Gasteiger partial charge is 0.394 e. The van der Waals surface area contributed by atoms with Gasteiger partial charge in [0, 0.05) is 0 Å². The van der Waals surface area contributed by atoms with Crippen LogP contribution in [0.25, 0.3) is 0 Å². The maximum Gasteiger partial charge on any atom is 0.249 e. The fraction of sp³-hybridized carbons (Fsp3) is 0.868. The van der Waals surface area contributed by atoms with Crippen molar-refractivity contribution in [2.75, 3.05) is 6.61 Å². The molecule has 0 aromatic rings. The van der Waals surface area contributed by atoms with Crippen molar-refractivity contribution in [1.29, 1.82) is 0 Å². The van der Waals surface area contributed by atoms with E-state index in [1.54, 1.807) is 6.08 Å². The molecule has 342 valence electrons. The van der Waals surface area contributed by atoms with Gasteiger partial charge in [-0.2, -0.15) is 0 Å². The number of amides is 1. The molecule has 0 aromatic carbocycles. The third-order valence-electron chi connectivity index (χ3n) is 12.0. The molecule has 0 aromatic heterocycles. The van der Waals surface area contributed by atoms with E-state index in [4.69, 9.17) is 0 Å². The number of rotatable bonds is 47. The standard InChI is InChI=1S/C53H101NO4/c1-3-5-7-9-11-13-15-16-17-18-19-20-21-22-23-24-25-26-27-28-29-30-31-32-33-34-35-36-37-38-40-42-44-46-48-52(57)53(58)54-50(49-55)51(56)47-45-43-41-39-14-12-10-8-6-4-2/h21-22,24-25,45,47,50-52,55-57H,3-20,23,26-44,46,48-49H2,1-2H3,(H,54,58)/b22-21-,25-24-,47-45+. The first-order valence-corrected chi connectivity index (χ1v) is 25.8. The molecule has 0 aliphatic rings. The minimum absolute atomic E-state index is 0.363. The Morgan fingerprint density at radius 2 is 0.741 bits per heavy atom. The van der Waals surface area contributed by atoms with E-state index in [1.807, 2.05) is 6.08 Å². The second-order valence-electron chi connectivity index (χ2n) is 17.7. The Kier molecular flexibility index (Phi) is 47.0. The first-order chi connectivity index (χ1) is 28.6. The Hall–Kier alpha value is -1.43. The molecule has 0 aliphatic carbocycles. The van der Waals surface area contributed by atoms with Crippen molar-refractivity contribution in [1.82, 2.24) is 5.32 Å². The predicted molar refractivity (Wildman–Crippen MR) is 254 cm³/mol. The molecule has 4 N–H and O–H groups in total. The lowest BCUT2D eigenvalue weighted by Crippen LogP contribution is -2.48. The van der Waals surface area contributed by atoms with Crippen LogP contribution in [0.4, 0.5) is 0 Å². The lowest BCUT2D eigenvalue weighted by molar-refractivity contribution is -0.131. The van der Waals surface area contributed by atoms with Crippen molar-refractivity contribution in [2.24, 2.45) is 0 Å². The van der Waals surface area contributed by atoms with Gasteiger partial charge in [-0.3, -0.25) is 4.79 Å². The van der Waals surface area contributed by atoms with Crippen LogP contribution in [0, 0.1) is 0 Å². The molecule has 1 amide bonds. The zero-order valence-corrected chi connectivity index (χ0v) is 38.9. The summed E-state index contributed by atoms with van der Waals surface area (Å²) < 4.78 is 0. The van der Waals surface area contributed by atoms with Gasteiger partial charge in [-0.25, -0.2) is 0 Å². The summed E-state index contributed by atoms with van der Waals surface area (Å²) in [5.74, 6) is -0.503. The van der Waals surface area contributed by atoms with Crippen LogP contribution in [0.3, 0.4) is 0 Å². The van der Waals surface area contributed by atoms with Crippen LogP contribution in [0.2, 0.25) is 0 Å². The summed E-state index contributed by atoms with van der Waals surface area (Å²) in [6.45, 7) is 4.17. The normalized spacial score (nSPS) is 13.7. The van der Waals surface area contributed by atoms with Crippen LogP contribution in [-0.4, -0.2) is 46.1 Å². The number of unbranched alkanes of at least 4 members (excludes halogenated alkanes) is 35. The molecular weight excluding hydrogens is 715 g/mol. The monoisotopic (exact) mass is 816 g/mol. The number of aliphatic hydroxyl groups excluding tert-OH is 3. The van der Waals surface area contributed by atoms with Crippen LogP contribution < -0.4 is 5.32 Å². The van der Waals surface area contributed by atoms with Crippen LogP contribution in [-0.2, 0) is 4.79 Å². The highest BCUT2D eigenvalue weighted by atomic mass is 16.3. The van der Waals surface area contributed by atoms with Gasteiger partial charge < -0.3 is 20.6 Å². The third-order valence-corrected chi connectivity index (χ3v) is 12.0. The van der Waals surface area contributed by atoms with Gasteiger partial charge in [0.1, 0.15) is 6.10 Å². The van der Waals surface area contributed by atoms with Crippen molar-refractivity contribution in [3.63, 3.8) is 0 Å². The quantitative estimate of drug-likeness (QED) is 0.0364. The molecule has 5 heteroatoms. The molecule has 0 saturated heterocycles. The van der Waals surface area contributed by atoms with Gasteiger partial charge in [-0.15, -0.1) is 0 Å². The number of nitrogens with one attached hydrogen (secondary N) is 1. The highest BCUT2D eigenvalue weighted by Crippen LogP contribution is 2.16. The molecular formula is C53H101NO4. The molecule has 0 radical (unpaired) electrons. The summed E-state index contributed by atoms with van der Waals surface area (Å²) in [5.41, 5.74) is 0. The second-order valence-corrected chi connectivity index (χ2v) is 17.7. The highest BCUT2D eigenvalue weighted by Gasteiger charge is 2.22. The smallest absolute Gasteiger partial charge is 0.249 e. The van der Waals surface area contributed by atoms with Gasteiger partial charge in [-0.1, -0.05) is 256 Å². The fourth-order valence-corrected chi connectivity index (χ4v) is 7.92. The van der Waals surface area contributed by atoms with E-state index in [9.17, 15) is 20.1 Å².